The molecule has 1 amide bonds. The van der Waals surface area contributed by atoms with Gasteiger partial charge >= 0.3 is 6.09 Å². The molecular formula is C16H17N3O3. The number of rotatable bonds is 6. The monoisotopic (exact) mass is 299 g/mol. The Kier molecular flexibility index (Phi) is 5.92. The third kappa shape index (κ3) is 5.24. The van der Waals surface area contributed by atoms with Crippen molar-refractivity contribution in [2.45, 2.75) is 6.61 Å². The summed E-state index contributed by atoms with van der Waals surface area (Å²) in [5.74, 6) is 0.458. The van der Waals surface area contributed by atoms with Crippen molar-refractivity contribution in [1.29, 1.82) is 0 Å². The van der Waals surface area contributed by atoms with E-state index in [1.54, 1.807) is 24.3 Å². The summed E-state index contributed by atoms with van der Waals surface area (Å²) in [5, 5.41) is 10.4. The number of aromatic nitrogens is 2. The Morgan fingerprint density at radius 3 is 2.68 bits per heavy atom. The van der Waals surface area contributed by atoms with Crippen molar-refractivity contribution < 1.29 is 14.3 Å². The van der Waals surface area contributed by atoms with Gasteiger partial charge in [-0.2, -0.15) is 0 Å². The third-order valence-electron chi connectivity index (χ3n) is 2.74. The molecule has 2 rings (SSSR count). The van der Waals surface area contributed by atoms with Gasteiger partial charge in [0, 0.05) is 12.6 Å². The molecule has 0 fully saturated rings. The molecular weight excluding hydrogens is 282 g/mol. The number of methoxy groups -OCH3 is 1. The van der Waals surface area contributed by atoms with Gasteiger partial charge in [0.1, 0.15) is 6.61 Å². The van der Waals surface area contributed by atoms with Crippen LogP contribution in [-0.4, -0.2) is 29.9 Å². The molecule has 0 atom stereocenters. The van der Waals surface area contributed by atoms with E-state index in [0.29, 0.717) is 18.1 Å². The minimum atomic E-state index is -0.464. The first-order valence-corrected chi connectivity index (χ1v) is 6.77. The molecule has 1 N–H and O–H groups in total. The minimum Gasteiger partial charge on any atom is -0.480 e. The Morgan fingerprint density at radius 2 is 2.00 bits per heavy atom. The lowest BCUT2D eigenvalue weighted by Crippen LogP contribution is -2.24. The summed E-state index contributed by atoms with van der Waals surface area (Å²) < 4.78 is 10.0. The molecule has 1 aromatic heterocycles. The van der Waals surface area contributed by atoms with E-state index >= 15 is 0 Å². The smallest absolute Gasteiger partial charge is 0.407 e. The number of benzene rings is 1. The standard InChI is InChI=1S/C16H17N3O3/c1-21-15-10-9-14(18-19-15)8-5-11-17-16(20)22-12-13-6-3-2-4-7-13/h2-10H,11-12H2,1H3,(H,17,20). The zero-order valence-electron chi connectivity index (χ0n) is 12.2. The molecule has 2 aromatic rings. The van der Waals surface area contributed by atoms with Crippen molar-refractivity contribution in [3.8, 4) is 5.88 Å². The molecule has 1 aromatic carbocycles. The summed E-state index contributed by atoms with van der Waals surface area (Å²) in [5.41, 5.74) is 1.63. The van der Waals surface area contributed by atoms with Gasteiger partial charge in [0.25, 0.3) is 0 Å². The molecule has 0 aliphatic carbocycles. The molecule has 0 saturated heterocycles. The lowest BCUT2D eigenvalue weighted by Gasteiger charge is -2.05. The van der Waals surface area contributed by atoms with Crippen molar-refractivity contribution in [2.75, 3.05) is 13.7 Å². The van der Waals surface area contributed by atoms with Gasteiger partial charge in [0.05, 0.1) is 12.8 Å². The molecule has 0 saturated carbocycles. The van der Waals surface area contributed by atoms with Gasteiger partial charge in [-0.05, 0) is 17.7 Å². The average Bonchev–Trinajstić information content (AvgIpc) is 2.58. The first kappa shape index (κ1) is 15.5. The fraction of sp³-hybridized carbons (Fsp3) is 0.188. The van der Waals surface area contributed by atoms with Gasteiger partial charge < -0.3 is 14.8 Å². The van der Waals surface area contributed by atoms with Crippen LogP contribution in [0.25, 0.3) is 6.08 Å². The van der Waals surface area contributed by atoms with Crippen LogP contribution in [0.4, 0.5) is 4.79 Å². The Hall–Kier alpha value is -2.89. The fourth-order valence-electron chi connectivity index (χ4n) is 1.62. The molecule has 0 radical (unpaired) electrons. The van der Waals surface area contributed by atoms with E-state index in [2.05, 4.69) is 15.5 Å². The number of hydrogen-bond acceptors (Lipinski definition) is 5. The van der Waals surface area contributed by atoms with E-state index in [9.17, 15) is 4.79 Å². The van der Waals surface area contributed by atoms with Crippen LogP contribution < -0.4 is 10.1 Å². The lowest BCUT2D eigenvalue weighted by molar-refractivity contribution is 0.141. The normalized spacial score (nSPS) is 10.4. The number of alkyl carbamates (subject to hydrolysis) is 1. The first-order valence-electron chi connectivity index (χ1n) is 6.77. The molecule has 1 heterocycles. The maximum absolute atomic E-state index is 11.5. The summed E-state index contributed by atoms with van der Waals surface area (Å²) in [7, 11) is 1.53. The van der Waals surface area contributed by atoms with Crippen LogP contribution in [0.15, 0.2) is 48.5 Å². The second-order valence-corrected chi connectivity index (χ2v) is 4.35. The van der Waals surface area contributed by atoms with Gasteiger partial charge in [-0.1, -0.05) is 36.4 Å². The quantitative estimate of drug-likeness (QED) is 0.886. The van der Waals surface area contributed by atoms with E-state index in [1.165, 1.54) is 7.11 Å². The van der Waals surface area contributed by atoms with Gasteiger partial charge in [0.2, 0.25) is 5.88 Å². The van der Waals surface area contributed by atoms with E-state index in [0.717, 1.165) is 5.56 Å². The van der Waals surface area contributed by atoms with E-state index in [-0.39, 0.29) is 6.61 Å². The SMILES string of the molecule is COc1ccc(C=CCNC(=O)OCc2ccccc2)nn1. The Morgan fingerprint density at radius 1 is 1.18 bits per heavy atom. The summed E-state index contributed by atoms with van der Waals surface area (Å²) in [4.78, 5) is 11.5. The van der Waals surface area contributed by atoms with Crippen LogP contribution in [0.1, 0.15) is 11.3 Å². The van der Waals surface area contributed by atoms with Crippen LogP contribution in [0.5, 0.6) is 5.88 Å². The van der Waals surface area contributed by atoms with Crippen LogP contribution in [0.2, 0.25) is 0 Å². The number of carbonyl (C=O) groups is 1. The number of ether oxygens (including phenoxy) is 2. The molecule has 0 bridgehead atoms. The van der Waals surface area contributed by atoms with Gasteiger partial charge in [-0.25, -0.2) is 4.79 Å². The summed E-state index contributed by atoms with van der Waals surface area (Å²) in [6.45, 7) is 0.599. The van der Waals surface area contributed by atoms with Gasteiger partial charge in [0.15, 0.2) is 0 Å². The summed E-state index contributed by atoms with van der Waals surface area (Å²) in [6, 6.07) is 13.0. The number of nitrogens with one attached hydrogen (secondary N) is 1. The molecule has 6 heteroatoms. The summed E-state index contributed by atoms with van der Waals surface area (Å²) >= 11 is 0. The lowest BCUT2D eigenvalue weighted by atomic mass is 10.2. The maximum atomic E-state index is 11.5. The van der Waals surface area contributed by atoms with Crippen LogP contribution in [0, 0.1) is 0 Å². The fourth-order valence-corrected chi connectivity index (χ4v) is 1.62. The maximum Gasteiger partial charge on any atom is 0.407 e. The van der Waals surface area contributed by atoms with E-state index < -0.39 is 6.09 Å². The predicted molar refractivity (Wildman–Crippen MR) is 82.2 cm³/mol. The van der Waals surface area contributed by atoms with Gasteiger partial charge in [-0.15, -0.1) is 10.2 Å². The molecule has 114 valence electrons. The average molecular weight is 299 g/mol. The molecule has 22 heavy (non-hydrogen) atoms. The Bertz CT molecular complexity index is 612. The second kappa shape index (κ2) is 8.41. The first-order chi connectivity index (χ1) is 10.8. The largest absolute Gasteiger partial charge is 0.480 e. The van der Waals surface area contributed by atoms with Crippen molar-refractivity contribution >= 4 is 12.2 Å². The zero-order valence-corrected chi connectivity index (χ0v) is 12.2. The number of carbonyl (C=O) groups excluding carboxylic acids is 1. The number of nitrogens with zero attached hydrogens (tertiary/aromatic N) is 2. The van der Waals surface area contributed by atoms with E-state index in [1.807, 2.05) is 30.3 Å². The highest BCUT2D eigenvalue weighted by atomic mass is 16.5. The van der Waals surface area contributed by atoms with Crippen molar-refractivity contribution in [1.82, 2.24) is 15.5 Å². The second-order valence-electron chi connectivity index (χ2n) is 4.35. The van der Waals surface area contributed by atoms with Crippen LogP contribution >= 0.6 is 0 Å². The van der Waals surface area contributed by atoms with Crippen LogP contribution in [0.3, 0.4) is 0 Å². The Balaban J connectivity index is 1.68. The predicted octanol–water partition coefficient (Wildman–Crippen LogP) is 2.42. The molecule has 0 aliphatic heterocycles. The van der Waals surface area contributed by atoms with Crippen molar-refractivity contribution in [2.24, 2.45) is 0 Å². The van der Waals surface area contributed by atoms with Crippen LogP contribution in [-0.2, 0) is 11.3 Å². The topological polar surface area (TPSA) is 73.3 Å². The van der Waals surface area contributed by atoms with Gasteiger partial charge in [-0.3, -0.25) is 0 Å². The molecule has 0 aliphatic rings. The highest BCUT2D eigenvalue weighted by Gasteiger charge is 2.00. The third-order valence-corrected chi connectivity index (χ3v) is 2.74. The molecule has 0 spiro atoms. The van der Waals surface area contributed by atoms with E-state index in [4.69, 9.17) is 9.47 Å². The Labute approximate surface area is 128 Å². The minimum absolute atomic E-state index is 0.250. The number of hydrogen-bond donors (Lipinski definition) is 1. The molecule has 0 unspecified atom stereocenters. The number of amides is 1. The highest BCUT2D eigenvalue weighted by molar-refractivity contribution is 5.67. The zero-order chi connectivity index (χ0) is 15.6. The molecule has 6 nitrogen and oxygen atoms in total. The summed E-state index contributed by atoms with van der Waals surface area (Å²) in [6.07, 6.45) is 3.05. The van der Waals surface area contributed by atoms with Crippen molar-refractivity contribution in [3.05, 3.63) is 59.8 Å². The highest BCUT2D eigenvalue weighted by Crippen LogP contribution is 2.04. The van der Waals surface area contributed by atoms with Crippen molar-refractivity contribution in [3.63, 3.8) is 0 Å².